The minimum Gasteiger partial charge on any atom is -0.457 e. The van der Waals surface area contributed by atoms with Crippen LogP contribution < -0.4 is 0 Å². The molecule has 0 aromatic heterocycles. The minimum absolute atomic E-state index is 0.105. The predicted molar refractivity (Wildman–Crippen MR) is 93.2 cm³/mol. The highest BCUT2D eigenvalue weighted by Crippen LogP contribution is 2.36. The molecule has 1 aliphatic heterocycles. The molecule has 130 valence electrons. The number of hydrogen-bond donors (Lipinski definition) is 0. The minimum atomic E-state index is -4.41. The Labute approximate surface area is 147 Å². The molecule has 1 heterocycles. The fourth-order valence-corrected chi connectivity index (χ4v) is 3.13. The van der Waals surface area contributed by atoms with E-state index in [-0.39, 0.29) is 6.61 Å². The summed E-state index contributed by atoms with van der Waals surface area (Å²) in [5, 5.41) is 2.08. The quantitative estimate of drug-likeness (QED) is 0.582. The number of carbonyl (C=O) groups is 1. The zero-order valence-corrected chi connectivity index (χ0v) is 13.5. The number of cyclic esters (lactones) is 1. The molecule has 26 heavy (non-hydrogen) atoms. The maximum atomic E-state index is 12.8. The highest BCUT2D eigenvalue weighted by atomic mass is 19.4. The maximum absolute atomic E-state index is 12.8. The second-order valence-corrected chi connectivity index (χ2v) is 6.07. The lowest BCUT2D eigenvalue weighted by atomic mass is 9.94. The second kappa shape index (κ2) is 6.02. The van der Waals surface area contributed by atoms with Crippen LogP contribution in [-0.2, 0) is 15.7 Å². The first kappa shape index (κ1) is 16.4. The van der Waals surface area contributed by atoms with Crippen molar-refractivity contribution < 1.29 is 22.7 Å². The molecule has 3 aromatic carbocycles. The Hall–Kier alpha value is -3.08. The van der Waals surface area contributed by atoms with Crippen molar-refractivity contribution >= 4 is 27.9 Å². The van der Waals surface area contributed by atoms with E-state index in [9.17, 15) is 18.0 Å². The van der Waals surface area contributed by atoms with E-state index >= 15 is 0 Å². The average molecular weight is 354 g/mol. The molecule has 0 N–H and O–H groups in total. The van der Waals surface area contributed by atoms with Crippen molar-refractivity contribution in [2.75, 3.05) is 6.61 Å². The Morgan fingerprint density at radius 1 is 0.808 bits per heavy atom. The highest BCUT2D eigenvalue weighted by molar-refractivity contribution is 6.27. The van der Waals surface area contributed by atoms with Crippen LogP contribution in [0.1, 0.15) is 16.7 Å². The summed E-state index contributed by atoms with van der Waals surface area (Å²) in [6, 6.07) is 18.2. The Bertz CT molecular complexity index is 1030. The van der Waals surface area contributed by atoms with Gasteiger partial charge in [0.15, 0.2) is 0 Å². The molecular formula is C21H13F3O2. The number of halogens is 3. The number of hydrogen-bond acceptors (Lipinski definition) is 2. The third-order valence-electron chi connectivity index (χ3n) is 4.45. The van der Waals surface area contributed by atoms with Gasteiger partial charge in [0.1, 0.15) is 6.61 Å². The monoisotopic (exact) mass is 354 g/mol. The van der Waals surface area contributed by atoms with E-state index in [2.05, 4.69) is 0 Å². The molecule has 0 aliphatic carbocycles. The van der Waals surface area contributed by atoms with Crippen molar-refractivity contribution in [1.82, 2.24) is 0 Å². The van der Waals surface area contributed by atoms with Crippen molar-refractivity contribution in [2.24, 2.45) is 0 Å². The average Bonchev–Trinajstić information content (AvgIpc) is 3.02. The molecule has 0 saturated heterocycles. The SMILES string of the molecule is O=C1OCC(c2ccc3ccccc3c2)=C1c1ccc(C(F)(F)F)cc1. The lowest BCUT2D eigenvalue weighted by Crippen LogP contribution is -2.05. The van der Waals surface area contributed by atoms with Gasteiger partial charge in [0.05, 0.1) is 11.1 Å². The zero-order valence-electron chi connectivity index (χ0n) is 13.5. The van der Waals surface area contributed by atoms with Crippen molar-refractivity contribution in [2.45, 2.75) is 6.18 Å². The number of ether oxygens (including phenoxy) is 1. The number of alkyl halides is 3. The number of esters is 1. The van der Waals surface area contributed by atoms with Gasteiger partial charge in [0.25, 0.3) is 0 Å². The maximum Gasteiger partial charge on any atom is 0.416 e. The number of benzene rings is 3. The van der Waals surface area contributed by atoms with E-state index in [1.54, 1.807) is 0 Å². The summed E-state index contributed by atoms with van der Waals surface area (Å²) >= 11 is 0. The van der Waals surface area contributed by atoms with E-state index in [4.69, 9.17) is 4.74 Å². The van der Waals surface area contributed by atoms with Crippen molar-refractivity contribution in [3.05, 3.63) is 83.4 Å². The molecule has 3 aromatic rings. The molecular weight excluding hydrogens is 341 g/mol. The third-order valence-corrected chi connectivity index (χ3v) is 4.45. The summed E-state index contributed by atoms with van der Waals surface area (Å²) in [6.45, 7) is 0.105. The number of rotatable bonds is 2. The second-order valence-electron chi connectivity index (χ2n) is 6.07. The smallest absolute Gasteiger partial charge is 0.416 e. The van der Waals surface area contributed by atoms with Crippen LogP contribution in [0.2, 0.25) is 0 Å². The first-order chi connectivity index (χ1) is 12.4. The van der Waals surface area contributed by atoms with Crippen molar-refractivity contribution in [3.63, 3.8) is 0 Å². The third kappa shape index (κ3) is 2.86. The van der Waals surface area contributed by atoms with Crippen LogP contribution in [0.5, 0.6) is 0 Å². The van der Waals surface area contributed by atoms with Gasteiger partial charge < -0.3 is 4.74 Å². The molecule has 0 bridgehead atoms. The summed E-state index contributed by atoms with van der Waals surface area (Å²) in [7, 11) is 0. The van der Waals surface area contributed by atoms with E-state index in [0.29, 0.717) is 16.7 Å². The lowest BCUT2D eigenvalue weighted by Gasteiger charge is -2.09. The molecule has 4 rings (SSSR count). The van der Waals surface area contributed by atoms with Gasteiger partial charge in [-0.1, -0.05) is 48.5 Å². The van der Waals surface area contributed by atoms with Gasteiger partial charge in [-0.15, -0.1) is 0 Å². The summed E-state index contributed by atoms with van der Waals surface area (Å²) < 4.78 is 43.4. The van der Waals surface area contributed by atoms with Gasteiger partial charge in [-0.25, -0.2) is 4.79 Å². The van der Waals surface area contributed by atoms with Crippen LogP contribution in [0, 0.1) is 0 Å². The first-order valence-corrected chi connectivity index (χ1v) is 8.00. The van der Waals surface area contributed by atoms with Crippen molar-refractivity contribution in [3.8, 4) is 0 Å². The van der Waals surface area contributed by atoms with Crippen LogP contribution in [0.3, 0.4) is 0 Å². The normalized spacial score (nSPS) is 14.8. The van der Waals surface area contributed by atoms with Gasteiger partial charge in [-0.2, -0.15) is 13.2 Å². The van der Waals surface area contributed by atoms with Crippen LogP contribution in [0.25, 0.3) is 21.9 Å². The summed E-state index contributed by atoms with van der Waals surface area (Å²) in [5.41, 5.74) is 1.49. The predicted octanol–water partition coefficient (Wildman–Crippen LogP) is 5.33. The Morgan fingerprint density at radius 3 is 2.15 bits per heavy atom. The number of carbonyl (C=O) groups excluding carboxylic acids is 1. The largest absolute Gasteiger partial charge is 0.457 e. The summed E-state index contributed by atoms with van der Waals surface area (Å²) in [4.78, 5) is 12.2. The molecule has 2 nitrogen and oxygen atoms in total. The molecule has 0 saturated carbocycles. The standard InChI is InChI=1S/C21H13F3O2/c22-21(23,24)17-9-7-14(8-10-17)19-18(12-26-20(19)25)16-6-5-13-3-1-2-4-15(13)11-16/h1-11H,12H2. The van der Waals surface area contributed by atoms with Crippen LogP contribution in [-0.4, -0.2) is 12.6 Å². The van der Waals surface area contributed by atoms with Gasteiger partial charge in [-0.05, 0) is 40.1 Å². The van der Waals surface area contributed by atoms with Crippen molar-refractivity contribution in [1.29, 1.82) is 0 Å². The Morgan fingerprint density at radius 2 is 1.46 bits per heavy atom. The molecule has 5 heteroatoms. The Kier molecular flexibility index (Phi) is 3.80. The first-order valence-electron chi connectivity index (χ1n) is 8.00. The topological polar surface area (TPSA) is 26.3 Å². The highest BCUT2D eigenvalue weighted by Gasteiger charge is 2.31. The van der Waals surface area contributed by atoms with Gasteiger partial charge in [0, 0.05) is 5.57 Å². The van der Waals surface area contributed by atoms with Crippen LogP contribution in [0.4, 0.5) is 13.2 Å². The van der Waals surface area contributed by atoms with E-state index in [1.807, 2.05) is 42.5 Å². The molecule has 0 amide bonds. The van der Waals surface area contributed by atoms with Gasteiger partial charge in [-0.3, -0.25) is 0 Å². The zero-order chi connectivity index (χ0) is 18.3. The summed E-state index contributed by atoms with van der Waals surface area (Å²) in [6.07, 6.45) is -4.41. The van der Waals surface area contributed by atoms with Gasteiger partial charge in [0.2, 0.25) is 0 Å². The van der Waals surface area contributed by atoms with E-state index in [0.717, 1.165) is 28.5 Å². The Balaban J connectivity index is 1.82. The van der Waals surface area contributed by atoms with Crippen LogP contribution >= 0.6 is 0 Å². The van der Waals surface area contributed by atoms with E-state index < -0.39 is 17.7 Å². The molecule has 0 atom stereocenters. The van der Waals surface area contributed by atoms with Gasteiger partial charge >= 0.3 is 12.1 Å². The fraction of sp³-hybridized carbons (Fsp3) is 0.0952. The fourth-order valence-electron chi connectivity index (χ4n) is 3.13. The molecule has 0 unspecified atom stereocenters. The molecule has 1 aliphatic rings. The van der Waals surface area contributed by atoms with E-state index in [1.165, 1.54) is 12.1 Å². The molecule has 0 fully saturated rings. The number of fused-ring (bicyclic) bond motifs is 1. The lowest BCUT2D eigenvalue weighted by molar-refractivity contribution is -0.137. The van der Waals surface area contributed by atoms with Crippen LogP contribution in [0.15, 0.2) is 66.7 Å². The molecule has 0 spiro atoms. The molecule has 0 radical (unpaired) electrons. The summed E-state index contributed by atoms with van der Waals surface area (Å²) in [5.74, 6) is -0.520.